The molecule has 4 nitrogen and oxygen atoms in total. The second-order valence-corrected chi connectivity index (χ2v) is 6.94. The smallest absolute Gasteiger partial charge is 0.281 e. The number of Topliss-reactive ketones (excluding diaryl/α,β-unsaturated/α-hetero) is 1. The van der Waals surface area contributed by atoms with Gasteiger partial charge in [-0.1, -0.05) is 46.5 Å². The van der Waals surface area contributed by atoms with E-state index < -0.39 is 4.92 Å². The van der Waals surface area contributed by atoms with Crippen molar-refractivity contribution in [2.75, 3.05) is 0 Å². The maximum atomic E-state index is 12.4. The van der Waals surface area contributed by atoms with Gasteiger partial charge in [0.1, 0.15) is 0 Å². The van der Waals surface area contributed by atoms with Gasteiger partial charge in [0.15, 0.2) is 5.78 Å². The Morgan fingerprint density at radius 3 is 2.52 bits per heavy atom. The third-order valence-corrected chi connectivity index (χ3v) is 4.18. The van der Waals surface area contributed by atoms with Crippen LogP contribution >= 0.6 is 0 Å². The van der Waals surface area contributed by atoms with E-state index in [0.717, 1.165) is 12.8 Å². The van der Waals surface area contributed by atoms with Crippen molar-refractivity contribution >= 4 is 11.5 Å². The predicted octanol–water partition coefficient (Wildman–Crippen LogP) is 4.46. The number of ketones is 1. The molecule has 1 saturated carbocycles. The second kappa shape index (κ2) is 5.96. The maximum absolute atomic E-state index is 12.4. The minimum atomic E-state index is -0.425. The first kappa shape index (κ1) is 15.7. The third-order valence-electron chi connectivity index (χ3n) is 4.18. The van der Waals surface area contributed by atoms with Crippen LogP contribution in [0.2, 0.25) is 0 Å². The van der Waals surface area contributed by atoms with Gasteiger partial charge in [-0.25, -0.2) is 0 Å². The van der Waals surface area contributed by atoms with Crippen LogP contribution in [-0.2, 0) is 5.41 Å². The summed E-state index contributed by atoms with van der Waals surface area (Å²) in [4.78, 5) is 23.1. The summed E-state index contributed by atoms with van der Waals surface area (Å²) in [6, 6.07) is 5.86. The fourth-order valence-corrected chi connectivity index (χ4v) is 2.97. The lowest BCUT2D eigenvalue weighted by atomic mass is 9.84. The number of nitro benzene ring substituents is 1. The van der Waals surface area contributed by atoms with Crippen molar-refractivity contribution in [2.24, 2.45) is 5.92 Å². The number of nitro groups is 1. The van der Waals surface area contributed by atoms with Crippen molar-refractivity contribution in [3.8, 4) is 0 Å². The van der Waals surface area contributed by atoms with Crippen molar-refractivity contribution in [3.63, 3.8) is 0 Å². The molecule has 0 N–H and O–H groups in total. The summed E-state index contributed by atoms with van der Waals surface area (Å²) in [7, 11) is 0. The molecule has 0 unspecified atom stereocenters. The van der Waals surface area contributed by atoms with E-state index in [1.165, 1.54) is 18.9 Å². The first-order valence-electron chi connectivity index (χ1n) is 7.53. The van der Waals surface area contributed by atoms with Crippen LogP contribution in [0.1, 0.15) is 68.8 Å². The molecule has 0 heterocycles. The zero-order valence-corrected chi connectivity index (χ0v) is 12.9. The average Bonchev–Trinajstić information content (AvgIpc) is 2.89. The molecular weight excluding hydrogens is 266 g/mol. The molecule has 0 saturated heterocycles. The molecule has 0 aliphatic heterocycles. The molecule has 1 aromatic carbocycles. The van der Waals surface area contributed by atoms with Crippen LogP contribution in [0.4, 0.5) is 5.69 Å². The number of nitrogens with zero attached hydrogens (tertiary/aromatic N) is 1. The number of carbonyl (C=O) groups is 1. The van der Waals surface area contributed by atoms with Gasteiger partial charge in [0.25, 0.3) is 5.69 Å². The number of hydrogen-bond acceptors (Lipinski definition) is 3. The van der Waals surface area contributed by atoms with E-state index in [1.54, 1.807) is 6.07 Å². The molecule has 0 amide bonds. The van der Waals surface area contributed by atoms with Gasteiger partial charge < -0.3 is 0 Å². The molecule has 0 spiro atoms. The summed E-state index contributed by atoms with van der Waals surface area (Å²) in [6.45, 7) is 5.73. The van der Waals surface area contributed by atoms with E-state index in [9.17, 15) is 14.9 Å². The van der Waals surface area contributed by atoms with E-state index >= 15 is 0 Å². The van der Waals surface area contributed by atoms with E-state index in [4.69, 9.17) is 0 Å². The minimum Gasteiger partial charge on any atom is -0.294 e. The van der Waals surface area contributed by atoms with E-state index in [-0.39, 0.29) is 16.9 Å². The number of hydrogen-bond donors (Lipinski definition) is 0. The topological polar surface area (TPSA) is 60.2 Å². The highest BCUT2D eigenvalue weighted by atomic mass is 16.6. The lowest BCUT2D eigenvalue weighted by molar-refractivity contribution is -0.386. The van der Waals surface area contributed by atoms with Gasteiger partial charge >= 0.3 is 0 Å². The Kier molecular flexibility index (Phi) is 4.45. The van der Waals surface area contributed by atoms with Crippen LogP contribution in [0.3, 0.4) is 0 Å². The zero-order valence-electron chi connectivity index (χ0n) is 12.9. The fraction of sp³-hybridized carbons (Fsp3) is 0.588. The van der Waals surface area contributed by atoms with Gasteiger partial charge in [-0.15, -0.1) is 0 Å². The molecule has 4 heteroatoms. The SMILES string of the molecule is CC(C)(C)c1cc(C(=O)CC2CCCC2)c[c]c1[N+](=O)[O-]. The molecule has 1 aromatic rings. The molecule has 1 aliphatic carbocycles. The van der Waals surface area contributed by atoms with Gasteiger partial charge in [0.2, 0.25) is 0 Å². The van der Waals surface area contributed by atoms with Crippen LogP contribution in [0.15, 0.2) is 12.1 Å². The molecular formula is C17H22NO3. The molecule has 0 atom stereocenters. The monoisotopic (exact) mass is 288 g/mol. The first-order chi connectivity index (χ1) is 9.79. The number of benzene rings is 1. The predicted molar refractivity (Wildman–Crippen MR) is 81.5 cm³/mol. The molecule has 113 valence electrons. The standard InChI is InChI=1S/C17H22NO3/c1-17(2,3)14-11-13(8-9-15(14)18(20)21)16(19)10-12-6-4-5-7-12/h8,11-12H,4-7,10H2,1-3H3. The fourth-order valence-electron chi connectivity index (χ4n) is 2.97. The Morgan fingerprint density at radius 2 is 2.00 bits per heavy atom. The first-order valence-corrected chi connectivity index (χ1v) is 7.53. The Balaban J connectivity index is 2.28. The lowest BCUT2D eigenvalue weighted by Crippen LogP contribution is -2.16. The Labute approximate surface area is 125 Å². The van der Waals surface area contributed by atoms with Crippen molar-refractivity contribution in [3.05, 3.63) is 39.4 Å². The van der Waals surface area contributed by atoms with Crippen LogP contribution in [0.25, 0.3) is 0 Å². The normalized spacial score (nSPS) is 16.1. The minimum absolute atomic E-state index is 0.0279. The Hall–Kier alpha value is -1.71. The van der Waals surface area contributed by atoms with Gasteiger partial charge in [0.05, 0.1) is 11.0 Å². The molecule has 2 rings (SSSR count). The largest absolute Gasteiger partial charge is 0.294 e. The summed E-state index contributed by atoms with van der Waals surface area (Å²) in [5.41, 5.74) is 0.713. The van der Waals surface area contributed by atoms with Crippen molar-refractivity contribution in [1.29, 1.82) is 0 Å². The van der Waals surface area contributed by atoms with E-state index in [2.05, 4.69) is 6.07 Å². The van der Waals surface area contributed by atoms with Crippen molar-refractivity contribution < 1.29 is 9.72 Å². The summed E-state index contributed by atoms with van der Waals surface area (Å²) in [5, 5.41) is 11.1. The Bertz CT molecular complexity index is 552. The average molecular weight is 288 g/mol. The Morgan fingerprint density at radius 1 is 1.38 bits per heavy atom. The van der Waals surface area contributed by atoms with Crippen LogP contribution in [0, 0.1) is 22.1 Å². The second-order valence-electron chi connectivity index (χ2n) is 6.94. The third kappa shape index (κ3) is 3.69. The van der Waals surface area contributed by atoms with E-state index in [1.807, 2.05) is 20.8 Å². The van der Waals surface area contributed by atoms with Gasteiger partial charge in [-0.2, -0.15) is 0 Å². The quantitative estimate of drug-likeness (QED) is 0.467. The summed E-state index contributed by atoms with van der Waals surface area (Å²) in [6.07, 6.45) is 5.20. The van der Waals surface area contributed by atoms with Gasteiger partial charge in [-0.05, 0) is 23.5 Å². The van der Waals surface area contributed by atoms with Gasteiger partial charge in [0, 0.05) is 17.5 Å². The highest BCUT2D eigenvalue weighted by molar-refractivity contribution is 5.96. The van der Waals surface area contributed by atoms with E-state index in [0.29, 0.717) is 23.5 Å². The van der Waals surface area contributed by atoms with Crippen molar-refractivity contribution in [1.82, 2.24) is 0 Å². The molecule has 0 aromatic heterocycles. The molecule has 21 heavy (non-hydrogen) atoms. The van der Waals surface area contributed by atoms with Crippen molar-refractivity contribution in [2.45, 2.75) is 58.3 Å². The highest BCUT2D eigenvalue weighted by Crippen LogP contribution is 2.33. The molecule has 1 radical (unpaired) electrons. The zero-order chi connectivity index (χ0) is 15.6. The molecule has 0 bridgehead atoms. The number of carbonyl (C=O) groups excluding carboxylic acids is 1. The summed E-state index contributed by atoms with van der Waals surface area (Å²) >= 11 is 0. The maximum Gasteiger partial charge on any atom is 0.281 e. The summed E-state index contributed by atoms with van der Waals surface area (Å²) in [5.74, 6) is 0.560. The molecule has 1 fully saturated rings. The van der Waals surface area contributed by atoms with Crippen LogP contribution < -0.4 is 0 Å². The van der Waals surface area contributed by atoms with Gasteiger partial charge in [-0.3, -0.25) is 14.9 Å². The summed E-state index contributed by atoms with van der Waals surface area (Å²) < 4.78 is 0. The van der Waals surface area contributed by atoms with Crippen LogP contribution in [-0.4, -0.2) is 10.7 Å². The highest BCUT2D eigenvalue weighted by Gasteiger charge is 2.27. The van der Waals surface area contributed by atoms with Crippen LogP contribution in [0.5, 0.6) is 0 Å². The molecule has 1 aliphatic rings. The lowest BCUT2D eigenvalue weighted by Gasteiger charge is -2.19. The number of rotatable bonds is 4.